The lowest BCUT2D eigenvalue weighted by Crippen LogP contribution is -2.41. The molecule has 1 atom stereocenters. The van der Waals surface area contributed by atoms with E-state index in [1.54, 1.807) is 0 Å². The standard InChI is InChI=1S/C15H24N2O/c1-13-6-3-4-8-15(13)16-9-11-17-10-5-7-14(12-17)18-2/h3-4,6,8,14,16H,5,7,9-12H2,1-2H3. The van der Waals surface area contributed by atoms with Crippen LogP contribution in [0.25, 0.3) is 0 Å². The number of rotatable bonds is 5. The van der Waals surface area contributed by atoms with Crippen LogP contribution in [0.5, 0.6) is 0 Å². The van der Waals surface area contributed by atoms with Crippen molar-refractivity contribution in [3.05, 3.63) is 29.8 Å². The highest BCUT2D eigenvalue weighted by Gasteiger charge is 2.18. The van der Waals surface area contributed by atoms with Gasteiger partial charge in [0.25, 0.3) is 0 Å². The lowest BCUT2D eigenvalue weighted by Gasteiger charge is -2.31. The molecule has 0 bridgehead atoms. The van der Waals surface area contributed by atoms with E-state index in [0.29, 0.717) is 6.10 Å². The Labute approximate surface area is 110 Å². The second-order valence-corrected chi connectivity index (χ2v) is 5.04. The van der Waals surface area contributed by atoms with Crippen molar-refractivity contribution in [2.75, 3.05) is 38.6 Å². The van der Waals surface area contributed by atoms with Crippen molar-refractivity contribution < 1.29 is 4.74 Å². The molecule has 1 aromatic carbocycles. The van der Waals surface area contributed by atoms with Crippen LogP contribution in [-0.2, 0) is 4.74 Å². The third-order valence-electron chi connectivity index (χ3n) is 3.68. The minimum absolute atomic E-state index is 0.428. The van der Waals surface area contributed by atoms with Crippen LogP contribution in [0, 0.1) is 6.92 Å². The Kier molecular flexibility index (Phi) is 5.02. The van der Waals surface area contributed by atoms with Gasteiger partial charge in [0.15, 0.2) is 0 Å². The van der Waals surface area contributed by atoms with Gasteiger partial charge in [-0.25, -0.2) is 0 Å². The maximum absolute atomic E-state index is 5.44. The van der Waals surface area contributed by atoms with Gasteiger partial charge in [-0.15, -0.1) is 0 Å². The second kappa shape index (κ2) is 6.76. The summed E-state index contributed by atoms with van der Waals surface area (Å²) < 4.78 is 5.44. The van der Waals surface area contributed by atoms with Gasteiger partial charge in [0.1, 0.15) is 0 Å². The third-order valence-corrected chi connectivity index (χ3v) is 3.68. The van der Waals surface area contributed by atoms with Gasteiger partial charge in [-0.3, -0.25) is 4.90 Å². The number of anilines is 1. The Morgan fingerprint density at radius 3 is 3.00 bits per heavy atom. The molecule has 1 unspecified atom stereocenters. The Hall–Kier alpha value is -1.06. The average molecular weight is 248 g/mol. The number of para-hydroxylation sites is 1. The molecule has 1 aromatic rings. The number of nitrogens with one attached hydrogen (secondary N) is 1. The topological polar surface area (TPSA) is 24.5 Å². The minimum atomic E-state index is 0.428. The normalized spacial score (nSPS) is 20.9. The number of nitrogens with zero attached hydrogens (tertiary/aromatic N) is 1. The molecule has 1 N–H and O–H groups in total. The number of ether oxygens (including phenoxy) is 1. The molecule has 1 fully saturated rings. The summed E-state index contributed by atoms with van der Waals surface area (Å²) in [5, 5.41) is 3.51. The maximum Gasteiger partial charge on any atom is 0.0698 e. The highest BCUT2D eigenvalue weighted by molar-refractivity contribution is 5.50. The minimum Gasteiger partial charge on any atom is -0.384 e. The van der Waals surface area contributed by atoms with Crippen LogP contribution in [0.4, 0.5) is 5.69 Å². The SMILES string of the molecule is COC1CCCN(CCNc2ccccc2C)C1. The summed E-state index contributed by atoms with van der Waals surface area (Å²) in [5.41, 5.74) is 2.56. The number of aryl methyl sites for hydroxylation is 1. The summed E-state index contributed by atoms with van der Waals surface area (Å²) in [6, 6.07) is 8.44. The zero-order chi connectivity index (χ0) is 12.8. The van der Waals surface area contributed by atoms with Gasteiger partial charge in [0.2, 0.25) is 0 Å². The molecule has 0 aliphatic carbocycles. The van der Waals surface area contributed by atoms with Crippen LogP contribution < -0.4 is 5.32 Å². The average Bonchev–Trinajstić information content (AvgIpc) is 2.41. The van der Waals surface area contributed by atoms with Crippen molar-refractivity contribution in [3.8, 4) is 0 Å². The number of likely N-dealkylation sites (tertiary alicyclic amines) is 1. The highest BCUT2D eigenvalue weighted by Crippen LogP contribution is 2.14. The van der Waals surface area contributed by atoms with Gasteiger partial charge in [-0.2, -0.15) is 0 Å². The molecular formula is C15H24N2O. The zero-order valence-corrected chi connectivity index (χ0v) is 11.5. The Morgan fingerprint density at radius 2 is 2.22 bits per heavy atom. The quantitative estimate of drug-likeness (QED) is 0.866. The predicted molar refractivity (Wildman–Crippen MR) is 76.1 cm³/mol. The van der Waals surface area contributed by atoms with E-state index < -0.39 is 0 Å². The Morgan fingerprint density at radius 1 is 1.39 bits per heavy atom. The fraction of sp³-hybridized carbons (Fsp3) is 0.600. The lowest BCUT2D eigenvalue weighted by molar-refractivity contribution is 0.0329. The molecule has 1 heterocycles. The molecule has 2 rings (SSSR count). The van der Waals surface area contributed by atoms with Gasteiger partial charge in [0, 0.05) is 32.4 Å². The number of benzene rings is 1. The monoisotopic (exact) mass is 248 g/mol. The van der Waals surface area contributed by atoms with Crippen molar-refractivity contribution in [2.24, 2.45) is 0 Å². The van der Waals surface area contributed by atoms with Gasteiger partial charge in [-0.05, 0) is 37.9 Å². The molecule has 0 aromatic heterocycles. The number of hydrogen-bond donors (Lipinski definition) is 1. The van der Waals surface area contributed by atoms with Crippen LogP contribution in [0.15, 0.2) is 24.3 Å². The second-order valence-electron chi connectivity index (χ2n) is 5.04. The lowest BCUT2D eigenvalue weighted by atomic mass is 10.1. The van der Waals surface area contributed by atoms with Crippen LogP contribution in [0.1, 0.15) is 18.4 Å². The number of hydrogen-bond acceptors (Lipinski definition) is 3. The van der Waals surface area contributed by atoms with E-state index in [-0.39, 0.29) is 0 Å². The fourth-order valence-corrected chi connectivity index (χ4v) is 2.53. The zero-order valence-electron chi connectivity index (χ0n) is 11.5. The Balaban J connectivity index is 1.73. The third kappa shape index (κ3) is 3.72. The molecule has 3 nitrogen and oxygen atoms in total. The first-order chi connectivity index (χ1) is 8.79. The predicted octanol–water partition coefficient (Wildman–Crippen LogP) is 2.52. The van der Waals surface area contributed by atoms with E-state index in [4.69, 9.17) is 4.74 Å². The van der Waals surface area contributed by atoms with Crippen LogP contribution in [-0.4, -0.2) is 44.3 Å². The first kappa shape index (κ1) is 13.4. The van der Waals surface area contributed by atoms with Crippen LogP contribution >= 0.6 is 0 Å². The molecule has 1 aliphatic heterocycles. The molecule has 1 aliphatic rings. The molecule has 0 spiro atoms. The van der Waals surface area contributed by atoms with E-state index in [1.165, 1.54) is 30.6 Å². The van der Waals surface area contributed by atoms with Crippen molar-refractivity contribution in [1.82, 2.24) is 4.90 Å². The Bertz CT molecular complexity index is 367. The van der Waals surface area contributed by atoms with Crippen LogP contribution in [0.2, 0.25) is 0 Å². The largest absolute Gasteiger partial charge is 0.384 e. The van der Waals surface area contributed by atoms with E-state index >= 15 is 0 Å². The molecule has 1 saturated heterocycles. The maximum atomic E-state index is 5.44. The smallest absolute Gasteiger partial charge is 0.0698 e. The van der Waals surface area contributed by atoms with E-state index in [2.05, 4.69) is 41.4 Å². The summed E-state index contributed by atoms with van der Waals surface area (Å²) >= 11 is 0. The summed E-state index contributed by atoms with van der Waals surface area (Å²) in [5.74, 6) is 0. The van der Waals surface area contributed by atoms with Gasteiger partial charge in [0.05, 0.1) is 6.10 Å². The molecule has 3 heteroatoms. The van der Waals surface area contributed by atoms with E-state index in [1.807, 2.05) is 7.11 Å². The summed E-state index contributed by atoms with van der Waals surface area (Å²) in [6.45, 7) is 6.51. The van der Waals surface area contributed by atoms with E-state index in [0.717, 1.165) is 19.6 Å². The first-order valence-electron chi connectivity index (χ1n) is 6.84. The van der Waals surface area contributed by atoms with Gasteiger partial charge < -0.3 is 10.1 Å². The van der Waals surface area contributed by atoms with E-state index in [9.17, 15) is 0 Å². The number of piperidine rings is 1. The molecule has 0 saturated carbocycles. The summed E-state index contributed by atoms with van der Waals surface area (Å²) in [6.07, 6.45) is 2.89. The molecule has 0 radical (unpaired) electrons. The van der Waals surface area contributed by atoms with Crippen molar-refractivity contribution in [2.45, 2.75) is 25.9 Å². The van der Waals surface area contributed by atoms with Gasteiger partial charge >= 0.3 is 0 Å². The summed E-state index contributed by atoms with van der Waals surface area (Å²) in [7, 11) is 1.82. The van der Waals surface area contributed by atoms with Gasteiger partial charge in [-0.1, -0.05) is 18.2 Å². The first-order valence-corrected chi connectivity index (χ1v) is 6.84. The fourth-order valence-electron chi connectivity index (χ4n) is 2.53. The molecule has 18 heavy (non-hydrogen) atoms. The number of methoxy groups -OCH3 is 1. The van der Waals surface area contributed by atoms with Crippen molar-refractivity contribution >= 4 is 5.69 Å². The van der Waals surface area contributed by atoms with Crippen molar-refractivity contribution in [3.63, 3.8) is 0 Å². The molecular weight excluding hydrogens is 224 g/mol. The highest BCUT2D eigenvalue weighted by atomic mass is 16.5. The van der Waals surface area contributed by atoms with Crippen molar-refractivity contribution in [1.29, 1.82) is 0 Å². The summed E-state index contributed by atoms with van der Waals surface area (Å²) in [4.78, 5) is 2.49. The van der Waals surface area contributed by atoms with Crippen LogP contribution in [0.3, 0.4) is 0 Å². The molecule has 0 amide bonds. The molecule has 100 valence electrons.